The second-order valence-corrected chi connectivity index (χ2v) is 5.69. The summed E-state index contributed by atoms with van der Waals surface area (Å²) in [6, 6.07) is 14.5. The Morgan fingerprint density at radius 2 is 1.92 bits per heavy atom. The SMILES string of the molecule is O=C(NCCc1nnc2ccccn12)[C@@H](c1ccccc1)n1cnnn1. The average molecular weight is 348 g/mol. The number of hydrogen-bond donors (Lipinski definition) is 1. The summed E-state index contributed by atoms with van der Waals surface area (Å²) in [6.07, 6.45) is 3.90. The Hall–Kier alpha value is -3.62. The molecule has 0 aliphatic rings. The van der Waals surface area contributed by atoms with Gasteiger partial charge in [0.1, 0.15) is 12.2 Å². The van der Waals surface area contributed by atoms with Crippen molar-refractivity contribution < 1.29 is 4.79 Å². The molecule has 26 heavy (non-hydrogen) atoms. The Balaban J connectivity index is 1.47. The number of amides is 1. The molecule has 0 fully saturated rings. The van der Waals surface area contributed by atoms with Gasteiger partial charge in [0.2, 0.25) is 5.91 Å². The van der Waals surface area contributed by atoms with Crippen LogP contribution in [-0.4, -0.2) is 47.3 Å². The van der Waals surface area contributed by atoms with Crippen LogP contribution >= 0.6 is 0 Å². The van der Waals surface area contributed by atoms with Gasteiger partial charge >= 0.3 is 0 Å². The van der Waals surface area contributed by atoms with E-state index in [1.165, 1.54) is 11.0 Å². The lowest BCUT2D eigenvalue weighted by Gasteiger charge is -2.16. The number of benzene rings is 1. The monoisotopic (exact) mass is 348 g/mol. The normalized spacial score (nSPS) is 12.2. The lowest BCUT2D eigenvalue weighted by Crippen LogP contribution is -2.35. The molecule has 130 valence electrons. The Labute approximate surface area is 148 Å². The zero-order chi connectivity index (χ0) is 17.8. The van der Waals surface area contributed by atoms with Gasteiger partial charge in [-0.1, -0.05) is 36.4 Å². The van der Waals surface area contributed by atoms with Gasteiger partial charge in [0.05, 0.1) is 0 Å². The van der Waals surface area contributed by atoms with Gasteiger partial charge in [-0.2, -0.15) is 0 Å². The highest BCUT2D eigenvalue weighted by molar-refractivity contribution is 5.83. The summed E-state index contributed by atoms with van der Waals surface area (Å²) in [6.45, 7) is 0.431. The molecule has 0 aliphatic heterocycles. The molecule has 0 bridgehead atoms. The minimum Gasteiger partial charge on any atom is -0.353 e. The summed E-state index contributed by atoms with van der Waals surface area (Å²) in [5.41, 5.74) is 1.59. The maximum atomic E-state index is 12.8. The average Bonchev–Trinajstić information content (AvgIpc) is 3.34. The standard InChI is InChI=1S/C17H16N8O/c26-17(16(25-12-19-22-23-25)13-6-2-1-3-7-13)18-10-9-15-21-20-14-8-4-5-11-24(14)15/h1-8,11-12,16H,9-10H2,(H,18,26)/t16-/m1/s1. The topological polar surface area (TPSA) is 103 Å². The molecule has 4 rings (SSSR count). The number of rotatable bonds is 6. The Kier molecular flexibility index (Phi) is 4.33. The minimum atomic E-state index is -0.624. The van der Waals surface area contributed by atoms with E-state index in [0.717, 1.165) is 17.0 Å². The summed E-state index contributed by atoms with van der Waals surface area (Å²) >= 11 is 0. The van der Waals surface area contributed by atoms with Crippen molar-refractivity contribution in [2.45, 2.75) is 12.5 Å². The fraction of sp³-hybridized carbons (Fsp3) is 0.176. The first-order chi connectivity index (χ1) is 12.8. The van der Waals surface area contributed by atoms with Crippen LogP contribution in [0.4, 0.5) is 0 Å². The van der Waals surface area contributed by atoms with Crippen LogP contribution in [0.3, 0.4) is 0 Å². The van der Waals surface area contributed by atoms with E-state index in [1.54, 1.807) is 0 Å². The predicted molar refractivity (Wildman–Crippen MR) is 92.1 cm³/mol. The third-order valence-electron chi connectivity index (χ3n) is 4.03. The zero-order valence-electron chi connectivity index (χ0n) is 13.8. The third kappa shape index (κ3) is 3.14. The highest BCUT2D eigenvalue weighted by atomic mass is 16.2. The molecule has 1 atom stereocenters. The van der Waals surface area contributed by atoms with Gasteiger partial charge in [-0.15, -0.1) is 15.3 Å². The van der Waals surface area contributed by atoms with Crippen LogP contribution < -0.4 is 5.32 Å². The van der Waals surface area contributed by atoms with Crippen molar-refractivity contribution in [3.05, 3.63) is 72.4 Å². The molecule has 4 aromatic rings. The number of hydrogen-bond acceptors (Lipinski definition) is 6. The number of nitrogens with one attached hydrogen (secondary N) is 1. The van der Waals surface area contributed by atoms with Gasteiger partial charge in [0, 0.05) is 19.2 Å². The molecule has 1 amide bonds. The van der Waals surface area contributed by atoms with E-state index in [-0.39, 0.29) is 5.91 Å². The second-order valence-electron chi connectivity index (χ2n) is 5.69. The molecule has 0 aliphatic carbocycles. The van der Waals surface area contributed by atoms with Gasteiger partial charge in [-0.3, -0.25) is 9.20 Å². The molecule has 3 aromatic heterocycles. The van der Waals surface area contributed by atoms with Crippen molar-refractivity contribution >= 4 is 11.6 Å². The Bertz CT molecular complexity index is 996. The number of aromatic nitrogens is 7. The molecule has 0 saturated carbocycles. The minimum absolute atomic E-state index is 0.183. The lowest BCUT2D eigenvalue weighted by molar-refractivity contribution is -0.123. The summed E-state index contributed by atoms with van der Waals surface area (Å²) < 4.78 is 3.35. The summed E-state index contributed by atoms with van der Waals surface area (Å²) in [4.78, 5) is 12.8. The third-order valence-corrected chi connectivity index (χ3v) is 4.03. The van der Waals surface area contributed by atoms with E-state index in [1.807, 2.05) is 59.1 Å². The predicted octanol–water partition coefficient (Wildman–Crippen LogP) is 0.664. The quantitative estimate of drug-likeness (QED) is 0.549. The van der Waals surface area contributed by atoms with E-state index < -0.39 is 6.04 Å². The van der Waals surface area contributed by atoms with E-state index in [2.05, 4.69) is 31.0 Å². The fourth-order valence-electron chi connectivity index (χ4n) is 2.80. The molecule has 0 saturated heterocycles. The number of carbonyl (C=O) groups is 1. The summed E-state index contributed by atoms with van der Waals surface area (Å²) in [7, 11) is 0. The molecule has 9 heteroatoms. The van der Waals surface area contributed by atoms with Gasteiger partial charge in [-0.05, 0) is 28.1 Å². The largest absolute Gasteiger partial charge is 0.353 e. The van der Waals surface area contributed by atoms with Crippen LogP contribution in [0.1, 0.15) is 17.4 Å². The van der Waals surface area contributed by atoms with Crippen molar-refractivity contribution in [1.29, 1.82) is 0 Å². The molecule has 1 aromatic carbocycles. The molecule has 0 radical (unpaired) electrons. The Morgan fingerprint density at radius 1 is 1.08 bits per heavy atom. The van der Waals surface area contributed by atoms with Crippen LogP contribution in [-0.2, 0) is 11.2 Å². The highest BCUT2D eigenvalue weighted by Gasteiger charge is 2.23. The molecular weight excluding hydrogens is 332 g/mol. The van der Waals surface area contributed by atoms with E-state index in [0.29, 0.717) is 13.0 Å². The number of tetrazole rings is 1. The van der Waals surface area contributed by atoms with E-state index in [4.69, 9.17) is 0 Å². The van der Waals surface area contributed by atoms with Gasteiger partial charge in [0.25, 0.3) is 0 Å². The van der Waals surface area contributed by atoms with Gasteiger partial charge in [0.15, 0.2) is 11.7 Å². The van der Waals surface area contributed by atoms with Crippen LogP contribution in [0.25, 0.3) is 5.65 Å². The van der Waals surface area contributed by atoms with Crippen LogP contribution in [0.15, 0.2) is 61.1 Å². The van der Waals surface area contributed by atoms with Crippen molar-refractivity contribution in [2.75, 3.05) is 6.54 Å². The highest BCUT2D eigenvalue weighted by Crippen LogP contribution is 2.16. The van der Waals surface area contributed by atoms with Crippen LogP contribution in [0.2, 0.25) is 0 Å². The number of fused-ring (bicyclic) bond motifs is 1. The molecule has 3 heterocycles. The van der Waals surface area contributed by atoms with E-state index >= 15 is 0 Å². The molecule has 1 N–H and O–H groups in total. The smallest absolute Gasteiger partial charge is 0.249 e. The molecule has 9 nitrogen and oxygen atoms in total. The summed E-state index contributed by atoms with van der Waals surface area (Å²) in [5.74, 6) is 0.608. The Morgan fingerprint density at radius 3 is 2.73 bits per heavy atom. The maximum absolute atomic E-state index is 12.8. The van der Waals surface area contributed by atoms with Crippen molar-refractivity contribution in [3.8, 4) is 0 Å². The first-order valence-corrected chi connectivity index (χ1v) is 8.17. The van der Waals surface area contributed by atoms with Crippen molar-refractivity contribution in [1.82, 2.24) is 40.1 Å². The number of carbonyl (C=O) groups excluding carboxylic acids is 1. The van der Waals surface area contributed by atoms with Crippen molar-refractivity contribution in [3.63, 3.8) is 0 Å². The first kappa shape index (κ1) is 15.9. The lowest BCUT2D eigenvalue weighted by atomic mass is 10.1. The zero-order valence-corrected chi connectivity index (χ0v) is 13.8. The van der Waals surface area contributed by atoms with Crippen LogP contribution in [0.5, 0.6) is 0 Å². The van der Waals surface area contributed by atoms with E-state index in [9.17, 15) is 4.79 Å². The maximum Gasteiger partial charge on any atom is 0.249 e. The van der Waals surface area contributed by atoms with Crippen LogP contribution in [0, 0.1) is 0 Å². The first-order valence-electron chi connectivity index (χ1n) is 8.17. The number of nitrogens with zero attached hydrogens (tertiary/aromatic N) is 7. The second kappa shape index (κ2) is 7.09. The fourth-order valence-corrected chi connectivity index (χ4v) is 2.80. The molecule has 0 unspecified atom stereocenters. The van der Waals surface area contributed by atoms with Gasteiger partial charge < -0.3 is 5.32 Å². The number of pyridine rings is 1. The molecule has 0 spiro atoms. The van der Waals surface area contributed by atoms with Gasteiger partial charge in [-0.25, -0.2) is 4.68 Å². The molecular formula is C17H16N8O. The van der Waals surface area contributed by atoms with Crippen molar-refractivity contribution in [2.24, 2.45) is 0 Å². The summed E-state index contributed by atoms with van der Waals surface area (Å²) in [5, 5.41) is 22.4.